The molecular formula is C23H18FN3S. The Morgan fingerprint density at radius 1 is 0.714 bits per heavy atom. The summed E-state index contributed by atoms with van der Waals surface area (Å²) in [6.07, 6.45) is 0. The molecular weight excluding hydrogens is 369 g/mol. The number of hydrogen-bond donors (Lipinski definition) is 0. The summed E-state index contributed by atoms with van der Waals surface area (Å²) >= 11 is 1.51. The highest BCUT2D eigenvalue weighted by Gasteiger charge is 2.16. The topological polar surface area (TPSA) is 38.7 Å². The monoisotopic (exact) mass is 387 g/mol. The molecule has 28 heavy (non-hydrogen) atoms. The van der Waals surface area contributed by atoms with Gasteiger partial charge in [0.2, 0.25) is 5.16 Å². The van der Waals surface area contributed by atoms with Crippen LogP contribution < -0.4 is 0 Å². The Hall–Kier alpha value is -3.05. The van der Waals surface area contributed by atoms with Gasteiger partial charge in [-0.25, -0.2) is 9.37 Å². The molecule has 0 unspecified atom stereocenters. The van der Waals surface area contributed by atoms with Gasteiger partial charge >= 0.3 is 0 Å². The fraction of sp³-hybridized carbons (Fsp3) is 0.0870. The second kappa shape index (κ2) is 8.31. The van der Waals surface area contributed by atoms with Crippen molar-refractivity contribution >= 4 is 11.8 Å². The van der Waals surface area contributed by atoms with Crippen LogP contribution in [-0.2, 0) is 0 Å². The van der Waals surface area contributed by atoms with Gasteiger partial charge in [0.05, 0.1) is 0 Å². The third-order valence-electron chi connectivity index (χ3n) is 4.38. The average molecular weight is 387 g/mol. The lowest BCUT2D eigenvalue weighted by atomic mass is 10.0. The first-order chi connectivity index (χ1) is 13.7. The predicted octanol–water partition coefficient (Wildman–Crippen LogP) is 6.20. The van der Waals surface area contributed by atoms with Crippen molar-refractivity contribution in [1.29, 1.82) is 0 Å². The van der Waals surface area contributed by atoms with Crippen LogP contribution >= 0.6 is 11.8 Å². The highest BCUT2D eigenvalue weighted by molar-refractivity contribution is 7.99. The quantitative estimate of drug-likeness (QED) is 0.382. The van der Waals surface area contributed by atoms with E-state index in [1.807, 2.05) is 60.7 Å². The lowest BCUT2D eigenvalue weighted by molar-refractivity contribution is 0.627. The zero-order valence-electron chi connectivity index (χ0n) is 15.3. The molecule has 0 radical (unpaired) electrons. The van der Waals surface area contributed by atoms with E-state index in [0.717, 1.165) is 28.1 Å². The lowest BCUT2D eigenvalue weighted by Crippen LogP contribution is -2.00. The van der Waals surface area contributed by atoms with Crippen molar-refractivity contribution in [2.24, 2.45) is 0 Å². The van der Waals surface area contributed by atoms with Gasteiger partial charge in [-0.2, -0.15) is 0 Å². The van der Waals surface area contributed by atoms with Crippen molar-refractivity contribution in [3.05, 3.63) is 96.3 Å². The Morgan fingerprint density at radius 3 is 1.89 bits per heavy atom. The summed E-state index contributed by atoms with van der Waals surface area (Å²) in [6, 6.07) is 26.5. The van der Waals surface area contributed by atoms with Crippen molar-refractivity contribution in [1.82, 2.24) is 15.2 Å². The van der Waals surface area contributed by atoms with Crippen LogP contribution in [0, 0.1) is 5.82 Å². The SMILES string of the molecule is C[C@H](Sc1nnc(-c2ccccc2)c(-c2ccccc2)n1)c1ccc(F)cc1. The van der Waals surface area contributed by atoms with E-state index in [0.29, 0.717) is 5.16 Å². The molecule has 0 aliphatic heterocycles. The molecule has 5 heteroatoms. The largest absolute Gasteiger partial charge is 0.219 e. The Labute approximate surface area is 167 Å². The number of halogens is 1. The standard InChI is InChI=1S/C23H18FN3S/c1-16(17-12-14-20(24)15-13-17)28-23-25-21(18-8-4-2-5-9-18)22(26-27-23)19-10-6-3-7-11-19/h2-16H,1H3/t16-/m0/s1. The number of nitrogens with zero attached hydrogens (tertiary/aromatic N) is 3. The van der Waals surface area contributed by atoms with Gasteiger partial charge in [-0.1, -0.05) is 84.6 Å². The molecule has 0 N–H and O–H groups in total. The van der Waals surface area contributed by atoms with Crippen LogP contribution in [0.25, 0.3) is 22.5 Å². The third-order valence-corrected chi connectivity index (χ3v) is 5.39. The van der Waals surface area contributed by atoms with E-state index < -0.39 is 0 Å². The molecule has 4 rings (SSSR count). The Bertz CT molecular complexity index is 1050. The van der Waals surface area contributed by atoms with Crippen molar-refractivity contribution in [3.63, 3.8) is 0 Å². The molecule has 0 saturated heterocycles. The number of thioether (sulfide) groups is 1. The summed E-state index contributed by atoms with van der Waals surface area (Å²) < 4.78 is 13.2. The first kappa shape index (κ1) is 18.3. The molecule has 0 fully saturated rings. The average Bonchev–Trinajstić information content (AvgIpc) is 2.75. The second-order valence-corrected chi connectivity index (χ2v) is 7.64. The molecule has 0 saturated carbocycles. The van der Waals surface area contributed by atoms with Crippen LogP contribution in [0.4, 0.5) is 4.39 Å². The van der Waals surface area contributed by atoms with Gasteiger partial charge in [-0.05, 0) is 24.6 Å². The predicted molar refractivity (Wildman–Crippen MR) is 111 cm³/mol. The first-order valence-corrected chi connectivity index (χ1v) is 9.86. The first-order valence-electron chi connectivity index (χ1n) is 8.98. The van der Waals surface area contributed by atoms with E-state index in [4.69, 9.17) is 4.98 Å². The summed E-state index contributed by atoms with van der Waals surface area (Å²) in [5.74, 6) is -0.238. The maximum atomic E-state index is 13.2. The van der Waals surface area contributed by atoms with Gasteiger partial charge in [-0.3, -0.25) is 0 Å². The van der Waals surface area contributed by atoms with Crippen LogP contribution in [-0.4, -0.2) is 15.2 Å². The highest BCUT2D eigenvalue weighted by Crippen LogP contribution is 2.35. The van der Waals surface area contributed by atoms with E-state index in [1.54, 1.807) is 12.1 Å². The Balaban J connectivity index is 1.71. The van der Waals surface area contributed by atoms with Crippen LogP contribution in [0.1, 0.15) is 17.7 Å². The van der Waals surface area contributed by atoms with Gasteiger partial charge in [0, 0.05) is 16.4 Å². The Kier molecular flexibility index (Phi) is 5.44. The number of benzene rings is 3. The molecule has 0 aliphatic rings. The summed E-state index contributed by atoms with van der Waals surface area (Å²) in [7, 11) is 0. The fourth-order valence-electron chi connectivity index (χ4n) is 2.91. The molecule has 3 nitrogen and oxygen atoms in total. The molecule has 3 aromatic carbocycles. The van der Waals surface area contributed by atoms with E-state index in [-0.39, 0.29) is 11.1 Å². The molecule has 1 heterocycles. The molecule has 0 spiro atoms. The van der Waals surface area contributed by atoms with Crippen molar-refractivity contribution < 1.29 is 4.39 Å². The molecule has 4 aromatic rings. The molecule has 1 aromatic heterocycles. The zero-order valence-corrected chi connectivity index (χ0v) is 16.1. The van der Waals surface area contributed by atoms with Crippen LogP contribution in [0.5, 0.6) is 0 Å². The van der Waals surface area contributed by atoms with E-state index in [2.05, 4.69) is 17.1 Å². The number of hydrogen-bond acceptors (Lipinski definition) is 4. The second-order valence-electron chi connectivity index (χ2n) is 6.34. The lowest BCUT2D eigenvalue weighted by Gasteiger charge is -2.13. The normalized spacial score (nSPS) is 11.9. The minimum atomic E-state index is -0.238. The smallest absolute Gasteiger partial charge is 0.210 e. The summed E-state index contributed by atoms with van der Waals surface area (Å²) in [5, 5.41) is 9.52. The summed E-state index contributed by atoms with van der Waals surface area (Å²) in [4.78, 5) is 4.82. The maximum absolute atomic E-state index is 13.2. The third kappa shape index (κ3) is 4.10. The van der Waals surface area contributed by atoms with E-state index in [9.17, 15) is 4.39 Å². The van der Waals surface area contributed by atoms with Gasteiger partial charge in [-0.15, -0.1) is 10.2 Å². The number of rotatable bonds is 5. The van der Waals surface area contributed by atoms with Crippen molar-refractivity contribution in [2.75, 3.05) is 0 Å². The van der Waals surface area contributed by atoms with Crippen LogP contribution in [0.2, 0.25) is 0 Å². The van der Waals surface area contributed by atoms with Crippen molar-refractivity contribution in [2.45, 2.75) is 17.3 Å². The fourth-order valence-corrected chi connectivity index (χ4v) is 3.75. The minimum absolute atomic E-state index is 0.0774. The van der Waals surface area contributed by atoms with Crippen LogP contribution in [0.3, 0.4) is 0 Å². The molecule has 0 amide bonds. The van der Waals surface area contributed by atoms with Gasteiger partial charge in [0.1, 0.15) is 17.2 Å². The van der Waals surface area contributed by atoms with Gasteiger partial charge in [0.25, 0.3) is 0 Å². The number of aromatic nitrogens is 3. The zero-order chi connectivity index (χ0) is 19.3. The Morgan fingerprint density at radius 2 is 1.29 bits per heavy atom. The summed E-state index contributed by atoms with van der Waals surface area (Å²) in [5.41, 5.74) is 4.54. The van der Waals surface area contributed by atoms with Gasteiger partial charge < -0.3 is 0 Å². The highest BCUT2D eigenvalue weighted by atomic mass is 32.2. The minimum Gasteiger partial charge on any atom is -0.219 e. The van der Waals surface area contributed by atoms with Crippen molar-refractivity contribution in [3.8, 4) is 22.5 Å². The van der Waals surface area contributed by atoms with Gasteiger partial charge in [0.15, 0.2) is 0 Å². The van der Waals surface area contributed by atoms with Crippen LogP contribution in [0.15, 0.2) is 90.1 Å². The molecule has 1 atom stereocenters. The van der Waals surface area contributed by atoms with E-state index >= 15 is 0 Å². The molecule has 0 bridgehead atoms. The maximum Gasteiger partial charge on any atom is 0.210 e. The molecule has 138 valence electrons. The molecule has 0 aliphatic carbocycles. The van der Waals surface area contributed by atoms with E-state index in [1.165, 1.54) is 23.9 Å². The summed E-state index contributed by atoms with van der Waals surface area (Å²) in [6.45, 7) is 2.05.